The number of fused-ring (bicyclic) bond motifs is 1. The molecular weight excluding hydrogens is 340 g/mol. The molecule has 0 bridgehead atoms. The molecule has 0 aliphatic carbocycles. The number of hydrogen-bond donors (Lipinski definition) is 1. The van der Waals surface area contributed by atoms with Gasteiger partial charge in [-0.1, -0.05) is 0 Å². The van der Waals surface area contributed by atoms with Crippen LogP contribution >= 0.6 is 0 Å². The van der Waals surface area contributed by atoms with E-state index in [2.05, 4.69) is 27.0 Å². The van der Waals surface area contributed by atoms with E-state index in [0.717, 1.165) is 40.4 Å². The average Bonchev–Trinajstić information content (AvgIpc) is 3.00. The average molecular weight is 364 g/mol. The highest BCUT2D eigenvalue weighted by atomic mass is 16.5. The molecule has 0 atom stereocenters. The lowest BCUT2D eigenvalue weighted by molar-refractivity contribution is 0.0955. The summed E-state index contributed by atoms with van der Waals surface area (Å²) in [6.45, 7) is 9.32. The zero-order chi connectivity index (χ0) is 19.4. The van der Waals surface area contributed by atoms with Crippen LogP contribution in [0.3, 0.4) is 0 Å². The highest BCUT2D eigenvalue weighted by Crippen LogP contribution is 2.18. The van der Waals surface area contributed by atoms with Crippen molar-refractivity contribution in [1.82, 2.24) is 15.0 Å². The predicted molar refractivity (Wildman–Crippen MR) is 107 cm³/mol. The minimum atomic E-state index is -0.258. The normalized spacial score (nSPS) is 11.6. The van der Waals surface area contributed by atoms with E-state index < -0.39 is 0 Å². The second-order valence-corrected chi connectivity index (χ2v) is 6.20. The number of benzene rings is 2. The highest BCUT2D eigenvalue weighted by molar-refractivity contribution is 6.01. The summed E-state index contributed by atoms with van der Waals surface area (Å²) < 4.78 is 7.55. The van der Waals surface area contributed by atoms with Gasteiger partial charge in [-0.25, -0.2) is 10.4 Å². The lowest BCUT2D eigenvalue weighted by atomic mass is 10.1. The summed E-state index contributed by atoms with van der Waals surface area (Å²) in [5, 5.41) is 4.22. The van der Waals surface area contributed by atoms with Crippen LogP contribution in [0.1, 0.15) is 42.5 Å². The van der Waals surface area contributed by atoms with Gasteiger partial charge in [0.1, 0.15) is 11.6 Å². The molecule has 0 radical (unpaired) electrons. The van der Waals surface area contributed by atoms with Gasteiger partial charge in [-0.15, -0.1) is 0 Å². The maximum absolute atomic E-state index is 12.5. The van der Waals surface area contributed by atoms with Crippen molar-refractivity contribution in [3.63, 3.8) is 0 Å². The number of imidazole rings is 1. The van der Waals surface area contributed by atoms with Gasteiger partial charge in [0, 0.05) is 12.1 Å². The van der Waals surface area contributed by atoms with Crippen LogP contribution in [0.2, 0.25) is 0 Å². The van der Waals surface area contributed by atoms with E-state index in [0.29, 0.717) is 12.2 Å². The molecule has 6 heteroatoms. The van der Waals surface area contributed by atoms with E-state index in [1.54, 1.807) is 12.1 Å². The first-order chi connectivity index (χ1) is 13.0. The number of hydrogen-bond acceptors (Lipinski definition) is 4. The smallest absolute Gasteiger partial charge is 0.271 e. The Balaban J connectivity index is 1.74. The molecule has 3 aromatic rings. The topological polar surface area (TPSA) is 68.5 Å². The largest absolute Gasteiger partial charge is 0.494 e. The van der Waals surface area contributed by atoms with Crippen molar-refractivity contribution >= 4 is 22.7 Å². The predicted octanol–water partition coefficient (Wildman–Crippen LogP) is 3.92. The maximum Gasteiger partial charge on any atom is 0.271 e. The molecule has 1 heterocycles. The third-order valence-corrected chi connectivity index (χ3v) is 4.43. The standard InChI is InChI=1S/C21H24N4O2/c1-5-25-15(4)22-19-13-17(9-12-20(19)25)21(26)24-23-14(3)16-7-10-18(11-8-16)27-6-2/h7-13H,5-6H2,1-4H3,(H,24,26)/b23-14-. The van der Waals surface area contributed by atoms with Gasteiger partial charge in [0.05, 0.1) is 23.4 Å². The van der Waals surface area contributed by atoms with Gasteiger partial charge in [-0.05, 0) is 75.7 Å². The first-order valence-electron chi connectivity index (χ1n) is 9.08. The zero-order valence-corrected chi connectivity index (χ0v) is 16.1. The van der Waals surface area contributed by atoms with Crippen molar-refractivity contribution in [2.45, 2.75) is 34.2 Å². The molecule has 27 heavy (non-hydrogen) atoms. The van der Waals surface area contributed by atoms with E-state index >= 15 is 0 Å². The lowest BCUT2D eigenvalue weighted by Gasteiger charge is -2.06. The Morgan fingerprint density at radius 1 is 1.15 bits per heavy atom. The fourth-order valence-electron chi connectivity index (χ4n) is 3.01. The van der Waals surface area contributed by atoms with Gasteiger partial charge in [-0.3, -0.25) is 4.79 Å². The van der Waals surface area contributed by atoms with Gasteiger partial charge < -0.3 is 9.30 Å². The third kappa shape index (κ3) is 4.00. The van der Waals surface area contributed by atoms with Crippen LogP contribution < -0.4 is 10.2 Å². The molecule has 0 spiro atoms. The van der Waals surface area contributed by atoms with Crippen LogP contribution in [0.15, 0.2) is 47.6 Å². The number of aromatic nitrogens is 2. The fourth-order valence-corrected chi connectivity index (χ4v) is 3.01. The molecule has 0 aliphatic rings. The first kappa shape index (κ1) is 18.6. The van der Waals surface area contributed by atoms with E-state index in [4.69, 9.17) is 4.74 Å². The fraction of sp³-hybridized carbons (Fsp3) is 0.286. The summed E-state index contributed by atoms with van der Waals surface area (Å²) in [5.74, 6) is 1.49. The summed E-state index contributed by atoms with van der Waals surface area (Å²) in [6, 6.07) is 13.1. The third-order valence-electron chi connectivity index (χ3n) is 4.43. The van der Waals surface area contributed by atoms with Crippen LogP contribution in [0.4, 0.5) is 0 Å². The van der Waals surface area contributed by atoms with Crippen LogP contribution in [-0.2, 0) is 6.54 Å². The molecule has 0 saturated heterocycles. The van der Waals surface area contributed by atoms with Crippen LogP contribution in [0, 0.1) is 6.92 Å². The Labute approximate surface area is 158 Å². The lowest BCUT2D eigenvalue weighted by Crippen LogP contribution is -2.19. The number of aryl methyl sites for hydroxylation is 2. The highest BCUT2D eigenvalue weighted by Gasteiger charge is 2.11. The van der Waals surface area contributed by atoms with Crippen LogP contribution in [-0.4, -0.2) is 27.8 Å². The molecule has 0 saturated carbocycles. The van der Waals surface area contributed by atoms with Crippen molar-refractivity contribution in [3.8, 4) is 5.75 Å². The van der Waals surface area contributed by atoms with E-state index in [1.807, 2.05) is 51.1 Å². The molecule has 0 aliphatic heterocycles. The van der Waals surface area contributed by atoms with E-state index in [-0.39, 0.29) is 5.91 Å². The number of nitrogens with one attached hydrogen (secondary N) is 1. The minimum Gasteiger partial charge on any atom is -0.494 e. The summed E-state index contributed by atoms with van der Waals surface area (Å²) in [5.41, 5.74) is 6.64. The molecule has 140 valence electrons. The van der Waals surface area contributed by atoms with Crippen molar-refractivity contribution < 1.29 is 9.53 Å². The van der Waals surface area contributed by atoms with Crippen molar-refractivity contribution in [3.05, 3.63) is 59.4 Å². The molecular formula is C21H24N4O2. The molecule has 1 aromatic heterocycles. The number of carbonyl (C=O) groups excluding carboxylic acids is 1. The summed E-state index contributed by atoms with van der Waals surface area (Å²) >= 11 is 0. The van der Waals surface area contributed by atoms with Crippen molar-refractivity contribution in [2.24, 2.45) is 5.10 Å². The summed E-state index contributed by atoms with van der Waals surface area (Å²) in [6.07, 6.45) is 0. The SMILES string of the molecule is CCOc1ccc(/C(C)=N\NC(=O)c2ccc3c(c2)nc(C)n3CC)cc1. The monoisotopic (exact) mass is 364 g/mol. The van der Waals surface area contributed by atoms with Gasteiger partial charge in [0.25, 0.3) is 5.91 Å². The minimum absolute atomic E-state index is 0.258. The van der Waals surface area contributed by atoms with Gasteiger partial charge in [-0.2, -0.15) is 5.10 Å². The molecule has 0 unspecified atom stereocenters. The molecule has 6 nitrogen and oxygen atoms in total. The maximum atomic E-state index is 12.5. The molecule has 2 aromatic carbocycles. The van der Waals surface area contributed by atoms with Crippen LogP contribution in [0.25, 0.3) is 11.0 Å². The summed E-state index contributed by atoms with van der Waals surface area (Å²) in [4.78, 5) is 17.0. The number of hydrazone groups is 1. The first-order valence-corrected chi connectivity index (χ1v) is 9.08. The second kappa shape index (κ2) is 8.03. The second-order valence-electron chi connectivity index (χ2n) is 6.20. The Bertz CT molecular complexity index is 987. The Morgan fingerprint density at radius 3 is 2.52 bits per heavy atom. The van der Waals surface area contributed by atoms with Crippen molar-refractivity contribution in [2.75, 3.05) is 6.61 Å². The molecule has 3 rings (SSSR count). The molecule has 1 amide bonds. The van der Waals surface area contributed by atoms with E-state index in [9.17, 15) is 4.79 Å². The zero-order valence-electron chi connectivity index (χ0n) is 16.1. The Hall–Kier alpha value is -3.15. The van der Waals surface area contributed by atoms with Gasteiger partial charge in [0.15, 0.2) is 0 Å². The number of ether oxygens (including phenoxy) is 1. The van der Waals surface area contributed by atoms with Gasteiger partial charge >= 0.3 is 0 Å². The van der Waals surface area contributed by atoms with Crippen LogP contribution in [0.5, 0.6) is 5.75 Å². The Kier molecular flexibility index (Phi) is 5.54. The summed E-state index contributed by atoms with van der Waals surface area (Å²) in [7, 11) is 0. The molecule has 0 fully saturated rings. The molecule has 1 N–H and O–H groups in total. The number of amides is 1. The van der Waals surface area contributed by atoms with Crippen molar-refractivity contribution in [1.29, 1.82) is 0 Å². The quantitative estimate of drug-likeness (QED) is 0.532. The van der Waals surface area contributed by atoms with Gasteiger partial charge in [0.2, 0.25) is 0 Å². The number of nitrogens with zero attached hydrogens (tertiary/aromatic N) is 3. The number of carbonyl (C=O) groups is 1. The Morgan fingerprint density at radius 2 is 1.85 bits per heavy atom. The van der Waals surface area contributed by atoms with E-state index in [1.165, 1.54) is 0 Å². The number of rotatable bonds is 6.